The molecule has 1 aromatic carbocycles. The number of nitrogens with zero attached hydrogens (tertiary/aromatic N) is 3. The van der Waals surface area contributed by atoms with Crippen LogP contribution in [0.3, 0.4) is 0 Å². The number of hydrogen-bond acceptors (Lipinski definition) is 4. The van der Waals surface area contributed by atoms with Crippen LogP contribution in [0.5, 0.6) is 5.75 Å². The molecular formula is C12H15ClN4O. The molecule has 1 atom stereocenters. The van der Waals surface area contributed by atoms with Gasteiger partial charge in [-0.25, -0.2) is 0 Å². The summed E-state index contributed by atoms with van der Waals surface area (Å²) in [5.74, 6) is 0.758. The molecule has 2 N–H and O–H groups in total. The van der Waals surface area contributed by atoms with Crippen LogP contribution in [0.2, 0.25) is 5.02 Å². The van der Waals surface area contributed by atoms with Crippen LogP contribution in [0, 0.1) is 0 Å². The van der Waals surface area contributed by atoms with E-state index in [2.05, 4.69) is 10.3 Å². The van der Waals surface area contributed by atoms with Gasteiger partial charge >= 0.3 is 0 Å². The zero-order valence-electron chi connectivity index (χ0n) is 10.1. The first-order valence-corrected chi connectivity index (χ1v) is 6.00. The van der Waals surface area contributed by atoms with Crippen molar-refractivity contribution < 1.29 is 4.74 Å². The van der Waals surface area contributed by atoms with E-state index in [1.165, 1.54) is 0 Å². The number of ether oxygens (including phenoxy) is 1. The summed E-state index contributed by atoms with van der Waals surface area (Å²) in [7, 11) is 1.83. The van der Waals surface area contributed by atoms with Gasteiger partial charge in [-0.1, -0.05) is 16.8 Å². The molecule has 0 fully saturated rings. The molecule has 18 heavy (non-hydrogen) atoms. The van der Waals surface area contributed by atoms with Crippen molar-refractivity contribution in [3.05, 3.63) is 41.2 Å². The summed E-state index contributed by atoms with van der Waals surface area (Å²) in [5.41, 5.74) is 6.83. The molecule has 0 amide bonds. The second-order valence-electron chi connectivity index (χ2n) is 4.11. The summed E-state index contributed by atoms with van der Waals surface area (Å²) in [4.78, 5) is 0. The Hall–Kier alpha value is -1.59. The van der Waals surface area contributed by atoms with Gasteiger partial charge in [-0.3, -0.25) is 4.68 Å². The molecule has 0 bridgehead atoms. The number of benzene rings is 1. The molecule has 0 spiro atoms. The second kappa shape index (κ2) is 5.84. The molecule has 6 heteroatoms. The van der Waals surface area contributed by atoms with Crippen molar-refractivity contribution in [1.29, 1.82) is 0 Å². The van der Waals surface area contributed by atoms with E-state index in [4.69, 9.17) is 22.1 Å². The van der Waals surface area contributed by atoms with Crippen LogP contribution in [-0.2, 0) is 13.5 Å². The van der Waals surface area contributed by atoms with Crippen molar-refractivity contribution >= 4 is 11.6 Å². The van der Waals surface area contributed by atoms with Crippen LogP contribution in [0.1, 0.15) is 5.69 Å². The smallest absolute Gasteiger partial charge is 0.119 e. The van der Waals surface area contributed by atoms with Gasteiger partial charge in [0.25, 0.3) is 0 Å². The summed E-state index contributed by atoms with van der Waals surface area (Å²) in [6.45, 7) is 0.429. The van der Waals surface area contributed by atoms with Gasteiger partial charge in [0.15, 0.2) is 0 Å². The molecule has 0 saturated carbocycles. The van der Waals surface area contributed by atoms with Gasteiger partial charge in [-0.15, -0.1) is 5.10 Å². The van der Waals surface area contributed by atoms with Gasteiger partial charge in [0.2, 0.25) is 0 Å². The van der Waals surface area contributed by atoms with Gasteiger partial charge in [0.05, 0.1) is 5.69 Å². The lowest BCUT2D eigenvalue weighted by Gasteiger charge is -2.11. The third-order valence-corrected chi connectivity index (χ3v) is 2.65. The largest absolute Gasteiger partial charge is 0.492 e. The topological polar surface area (TPSA) is 66.0 Å². The number of halogens is 1. The lowest BCUT2D eigenvalue weighted by Crippen LogP contribution is -2.30. The SMILES string of the molecule is Cn1cc(CC(N)COc2ccc(Cl)cc2)nn1. The Balaban J connectivity index is 1.81. The molecule has 96 valence electrons. The molecule has 1 heterocycles. The Labute approximate surface area is 111 Å². The van der Waals surface area contributed by atoms with E-state index < -0.39 is 0 Å². The van der Waals surface area contributed by atoms with Crippen LogP contribution < -0.4 is 10.5 Å². The maximum atomic E-state index is 5.96. The summed E-state index contributed by atoms with van der Waals surface area (Å²) < 4.78 is 7.22. The number of hydrogen-bond donors (Lipinski definition) is 1. The minimum Gasteiger partial charge on any atom is -0.492 e. The second-order valence-corrected chi connectivity index (χ2v) is 4.55. The quantitative estimate of drug-likeness (QED) is 0.889. The van der Waals surface area contributed by atoms with Crippen LogP contribution in [0.15, 0.2) is 30.5 Å². The normalized spacial score (nSPS) is 12.4. The Morgan fingerprint density at radius 3 is 2.72 bits per heavy atom. The Morgan fingerprint density at radius 1 is 1.39 bits per heavy atom. The number of aryl methyl sites for hydroxylation is 1. The van der Waals surface area contributed by atoms with E-state index in [9.17, 15) is 0 Å². The van der Waals surface area contributed by atoms with E-state index in [1.54, 1.807) is 16.8 Å². The summed E-state index contributed by atoms with van der Waals surface area (Å²) in [6, 6.07) is 7.09. The zero-order valence-corrected chi connectivity index (χ0v) is 10.8. The third kappa shape index (κ3) is 3.72. The van der Waals surface area contributed by atoms with Crippen molar-refractivity contribution in [2.75, 3.05) is 6.61 Å². The first-order valence-electron chi connectivity index (χ1n) is 5.62. The van der Waals surface area contributed by atoms with E-state index >= 15 is 0 Å². The summed E-state index contributed by atoms with van der Waals surface area (Å²) >= 11 is 5.79. The Bertz CT molecular complexity index is 497. The van der Waals surface area contributed by atoms with E-state index in [0.717, 1.165) is 11.4 Å². The summed E-state index contributed by atoms with van der Waals surface area (Å²) in [6.07, 6.45) is 2.49. The minimum atomic E-state index is -0.114. The highest BCUT2D eigenvalue weighted by atomic mass is 35.5. The molecule has 1 aromatic heterocycles. The Morgan fingerprint density at radius 2 is 2.11 bits per heavy atom. The summed E-state index contributed by atoms with van der Waals surface area (Å²) in [5, 5.41) is 8.52. The van der Waals surface area contributed by atoms with Crippen LogP contribution in [0.25, 0.3) is 0 Å². The van der Waals surface area contributed by atoms with Crippen LogP contribution >= 0.6 is 11.6 Å². The van der Waals surface area contributed by atoms with E-state index in [-0.39, 0.29) is 6.04 Å². The maximum absolute atomic E-state index is 5.96. The lowest BCUT2D eigenvalue weighted by molar-refractivity contribution is 0.287. The highest BCUT2D eigenvalue weighted by Gasteiger charge is 2.08. The monoisotopic (exact) mass is 266 g/mol. The number of nitrogens with two attached hydrogens (primary N) is 1. The molecule has 0 aliphatic rings. The highest BCUT2D eigenvalue weighted by molar-refractivity contribution is 6.30. The van der Waals surface area contributed by atoms with Crippen molar-refractivity contribution in [3.63, 3.8) is 0 Å². The van der Waals surface area contributed by atoms with Crippen molar-refractivity contribution in [1.82, 2.24) is 15.0 Å². The highest BCUT2D eigenvalue weighted by Crippen LogP contribution is 2.15. The molecular weight excluding hydrogens is 252 g/mol. The number of rotatable bonds is 5. The first kappa shape index (κ1) is 12.9. The fraction of sp³-hybridized carbons (Fsp3) is 0.333. The molecule has 0 aliphatic heterocycles. The molecule has 5 nitrogen and oxygen atoms in total. The van der Waals surface area contributed by atoms with Gasteiger partial charge in [0, 0.05) is 30.7 Å². The average molecular weight is 267 g/mol. The van der Waals surface area contributed by atoms with Gasteiger partial charge in [0.1, 0.15) is 12.4 Å². The van der Waals surface area contributed by atoms with E-state index in [1.807, 2.05) is 25.4 Å². The molecule has 0 saturated heterocycles. The lowest BCUT2D eigenvalue weighted by atomic mass is 10.2. The van der Waals surface area contributed by atoms with Gasteiger partial charge in [-0.2, -0.15) is 0 Å². The van der Waals surface area contributed by atoms with Gasteiger partial charge in [-0.05, 0) is 24.3 Å². The van der Waals surface area contributed by atoms with Gasteiger partial charge < -0.3 is 10.5 Å². The molecule has 2 rings (SSSR count). The van der Waals surface area contributed by atoms with E-state index in [0.29, 0.717) is 18.1 Å². The van der Waals surface area contributed by atoms with Crippen LogP contribution in [0.4, 0.5) is 0 Å². The minimum absolute atomic E-state index is 0.114. The molecule has 2 aromatic rings. The molecule has 0 aliphatic carbocycles. The average Bonchev–Trinajstić information content (AvgIpc) is 2.74. The molecule has 0 radical (unpaired) electrons. The fourth-order valence-corrected chi connectivity index (χ4v) is 1.68. The third-order valence-electron chi connectivity index (χ3n) is 2.40. The van der Waals surface area contributed by atoms with Crippen molar-refractivity contribution in [2.24, 2.45) is 12.8 Å². The standard InChI is InChI=1S/C12H15ClN4O/c1-17-7-11(15-16-17)6-10(14)8-18-12-4-2-9(13)3-5-12/h2-5,7,10H,6,8,14H2,1H3. The Kier molecular flexibility index (Phi) is 4.17. The predicted molar refractivity (Wildman–Crippen MR) is 69.6 cm³/mol. The number of aromatic nitrogens is 3. The first-order chi connectivity index (χ1) is 8.63. The predicted octanol–water partition coefficient (Wildman–Crippen LogP) is 1.42. The fourth-order valence-electron chi connectivity index (χ4n) is 1.55. The molecule has 1 unspecified atom stereocenters. The van der Waals surface area contributed by atoms with Crippen molar-refractivity contribution in [2.45, 2.75) is 12.5 Å². The maximum Gasteiger partial charge on any atom is 0.119 e. The zero-order chi connectivity index (χ0) is 13.0. The van der Waals surface area contributed by atoms with Crippen LogP contribution in [-0.4, -0.2) is 27.6 Å². The van der Waals surface area contributed by atoms with Crippen molar-refractivity contribution in [3.8, 4) is 5.75 Å².